The maximum Gasteiger partial charge on any atom is 0.240 e. The van der Waals surface area contributed by atoms with Crippen LogP contribution in [0.2, 0.25) is 0 Å². The summed E-state index contributed by atoms with van der Waals surface area (Å²) in [5.74, 6) is -0.308. The molecule has 5 nitrogen and oxygen atoms in total. The van der Waals surface area contributed by atoms with Gasteiger partial charge >= 0.3 is 0 Å². The van der Waals surface area contributed by atoms with E-state index in [0.29, 0.717) is 5.56 Å². The molecule has 1 aromatic carbocycles. The van der Waals surface area contributed by atoms with E-state index in [-0.39, 0.29) is 22.5 Å². The molecular formula is C13H14N2O3. The summed E-state index contributed by atoms with van der Waals surface area (Å²) < 4.78 is 0. The quantitative estimate of drug-likeness (QED) is 0.643. The van der Waals surface area contributed by atoms with Gasteiger partial charge in [0.15, 0.2) is 5.75 Å². The minimum Gasteiger partial charge on any atom is -0.504 e. The Labute approximate surface area is 105 Å². The molecule has 0 fully saturated rings. The lowest BCUT2D eigenvalue weighted by Gasteiger charge is -2.24. The highest BCUT2D eigenvalue weighted by atomic mass is 16.3. The van der Waals surface area contributed by atoms with Crippen LogP contribution in [0.1, 0.15) is 31.9 Å². The molecule has 0 aliphatic heterocycles. The van der Waals surface area contributed by atoms with Crippen LogP contribution in [0.15, 0.2) is 16.1 Å². The highest BCUT2D eigenvalue weighted by Crippen LogP contribution is 2.45. The van der Waals surface area contributed by atoms with Gasteiger partial charge in [0, 0.05) is 0 Å². The van der Waals surface area contributed by atoms with E-state index in [9.17, 15) is 14.7 Å². The van der Waals surface area contributed by atoms with E-state index in [1.165, 1.54) is 12.2 Å². The first-order valence-electron chi connectivity index (χ1n) is 5.35. The van der Waals surface area contributed by atoms with Crippen molar-refractivity contribution in [2.75, 3.05) is 0 Å². The number of aromatic hydroxyl groups is 1. The maximum absolute atomic E-state index is 10.5. The van der Waals surface area contributed by atoms with Gasteiger partial charge in [0.2, 0.25) is 12.2 Å². The second-order valence-electron chi connectivity index (χ2n) is 4.94. The first-order chi connectivity index (χ1) is 8.32. The molecule has 94 valence electrons. The Balaban J connectivity index is 3.79. The van der Waals surface area contributed by atoms with E-state index in [1.807, 2.05) is 20.8 Å². The van der Waals surface area contributed by atoms with E-state index < -0.39 is 0 Å². The van der Waals surface area contributed by atoms with Crippen LogP contribution in [0.4, 0.5) is 11.4 Å². The van der Waals surface area contributed by atoms with Crippen LogP contribution in [-0.2, 0) is 15.0 Å². The molecule has 5 heteroatoms. The smallest absolute Gasteiger partial charge is 0.240 e. The normalized spacial score (nSPS) is 10.4. The number of phenolic OH excluding ortho intramolecular Hbond substituents is 1. The minimum absolute atomic E-state index is 0.0458. The third-order valence-corrected chi connectivity index (χ3v) is 2.52. The molecule has 0 unspecified atom stereocenters. The number of hydrogen-bond acceptors (Lipinski definition) is 5. The first-order valence-corrected chi connectivity index (χ1v) is 5.35. The summed E-state index contributed by atoms with van der Waals surface area (Å²) in [5.41, 5.74) is 1.33. The van der Waals surface area contributed by atoms with Gasteiger partial charge in [-0.25, -0.2) is 9.59 Å². The molecule has 0 atom stereocenters. The number of aliphatic imine (C=N–C) groups is 2. The molecule has 0 saturated heterocycles. The molecule has 1 N–H and O–H groups in total. The summed E-state index contributed by atoms with van der Waals surface area (Å²) in [7, 11) is 0. The lowest BCUT2D eigenvalue weighted by Crippen LogP contribution is -2.13. The van der Waals surface area contributed by atoms with Gasteiger partial charge in [0.05, 0.1) is 0 Å². The monoisotopic (exact) mass is 246 g/mol. The van der Waals surface area contributed by atoms with Crippen molar-refractivity contribution in [2.24, 2.45) is 9.98 Å². The fourth-order valence-electron chi connectivity index (χ4n) is 2.01. The van der Waals surface area contributed by atoms with Crippen LogP contribution < -0.4 is 0 Å². The van der Waals surface area contributed by atoms with Gasteiger partial charge in [-0.15, -0.1) is 0 Å². The SMILES string of the molecule is Cc1cc(N=C=O)c(O)c(N=C=O)c1C(C)(C)C. The van der Waals surface area contributed by atoms with Crippen molar-refractivity contribution < 1.29 is 14.7 Å². The number of carbonyl (C=O) groups excluding carboxylic acids is 2. The summed E-state index contributed by atoms with van der Waals surface area (Å²) in [4.78, 5) is 27.7. The number of rotatable bonds is 2. The summed E-state index contributed by atoms with van der Waals surface area (Å²) >= 11 is 0. The number of phenols is 1. The van der Waals surface area contributed by atoms with Crippen molar-refractivity contribution >= 4 is 23.5 Å². The molecule has 0 saturated carbocycles. The Morgan fingerprint density at radius 2 is 1.72 bits per heavy atom. The molecule has 0 amide bonds. The van der Waals surface area contributed by atoms with E-state index in [1.54, 1.807) is 13.0 Å². The van der Waals surface area contributed by atoms with Gasteiger partial charge in [-0.3, -0.25) is 0 Å². The average molecular weight is 246 g/mol. The van der Waals surface area contributed by atoms with Crippen molar-refractivity contribution in [3.8, 4) is 5.75 Å². The molecule has 1 rings (SSSR count). The topological polar surface area (TPSA) is 79.1 Å². The lowest BCUT2D eigenvalue weighted by molar-refractivity contribution is 0.473. The van der Waals surface area contributed by atoms with E-state index in [2.05, 4.69) is 9.98 Å². The zero-order valence-electron chi connectivity index (χ0n) is 10.7. The maximum atomic E-state index is 10.5. The van der Waals surface area contributed by atoms with Crippen LogP contribution >= 0.6 is 0 Å². The summed E-state index contributed by atoms with van der Waals surface area (Å²) in [5, 5.41) is 9.97. The molecule has 0 aliphatic rings. The van der Waals surface area contributed by atoms with Crippen LogP contribution in [0.5, 0.6) is 5.75 Å². The van der Waals surface area contributed by atoms with Crippen molar-refractivity contribution in [2.45, 2.75) is 33.1 Å². The number of hydrogen-bond donors (Lipinski definition) is 1. The van der Waals surface area contributed by atoms with E-state index in [4.69, 9.17) is 0 Å². The Morgan fingerprint density at radius 1 is 1.17 bits per heavy atom. The lowest BCUT2D eigenvalue weighted by atomic mass is 9.82. The molecule has 0 heterocycles. The second kappa shape index (κ2) is 4.96. The van der Waals surface area contributed by atoms with E-state index in [0.717, 1.165) is 5.56 Å². The van der Waals surface area contributed by atoms with Gasteiger partial charge in [-0.05, 0) is 29.5 Å². The average Bonchev–Trinajstić information content (AvgIpc) is 2.23. The van der Waals surface area contributed by atoms with Crippen LogP contribution in [-0.4, -0.2) is 17.3 Å². The fraction of sp³-hybridized carbons (Fsp3) is 0.385. The predicted octanol–water partition coefficient (Wildman–Crippen LogP) is 2.93. The van der Waals surface area contributed by atoms with Gasteiger partial charge in [0.25, 0.3) is 0 Å². The number of benzene rings is 1. The molecule has 0 aromatic heterocycles. The highest BCUT2D eigenvalue weighted by Gasteiger charge is 2.25. The second-order valence-corrected chi connectivity index (χ2v) is 4.94. The van der Waals surface area contributed by atoms with Crippen molar-refractivity contribution in [1.82, 2.24) is 0 Å². The number of isocyanates is 2. The van der Waals surface area contributed by atoms with Crippen molar-refractivity contribution in [3.63, 3.8) is 0 Å². The van der Waals surface area contributed by atoms with Gasteiger partial charge in [-0.1, -0.05) is 20.8 Å². The van der Waals surface area contributed by atoms with Crippen molar-refractivity contribution in [1.29, 1.82) is 0 Å². The predicted molar refractivity (Wildman–Crippen MR) is 67.1 cm³/mol. The van der Waals surface area contributed by atoms with Gasteiger partial charge in [0.1, 0.15) is 11.4 Å². The van der Waals surface area contributed by atoms with Gasteiger partial charge < -0.3 is 5.11 Å². The largest absolute Gasteiger partial charge is 0.504 e. The Hall–Kier alpha value is -2.22. The zero-order chi connectivity index (χ0) is 13.9. The molecule has 0 spiro atoms. The molecule has 18 heavy (non-hydrogen) atoms. The fourth-order valence-corrected chi connectivity index (χ4v) is 2.01. The highest BCUT2D eigenvalue weighted by molar-refractivity contribution is 5.75. The molecule has 0 aliphatic carbocycles. The van der Waals surface area contributed by atoms with Gasteiger partial charge in [-0.2, -0.15) is 9.98 Å². The van der Waals surface area contributed by atoms with Crippen molar-refractivity contribution in [3.05, 3.63) is 17.2 Å². The summed E-state index contributed by atoms with van der Waals surface area (Å²) in [6, 6.07) is 1.56. The molecular weight excluding hydrogens is 232 g/mol. The van der Waals surface area contributed by atoms with Crippen LogP contribution in [0.3, 0.4) is 0 Å². The van der Waals surface area contributed by atoms with Crippen LogP contribution in [0, 0.1) is 6.92 Å². The van der Waals surface area contributed by atoms with E-state index >= 15 is 0 Å². The Morgan fingerprint density at radius 3 is 2.17 bits per heavy atom. The first kappa shape index (κ1) is 13.8. The summed E-state index contributed by atoms with van der Waals surface area (Å²) in [6.45, 7) is 7.59. The third kappa shape index (κ3) is 2.54. The molecule has 0 radical (unpaired) electrons. The molecule has 1 aromatic rings. The Bertz CT molecular complexity index is 573. The molecule has 0 bridgehead atoms. The minimum atomic E-state index is -0.319. The zero-order valence-corrected chi connectivity index (χ0v) is 10.7. The summed E-state index contributed by atoms with van der Waals surface area (Å²) in [6.07, 6.45) is 2.76. The number of aryl methyl sites for hydroxylation is 1. The standard InChI is InChI=1S/C13H14N2O3/c1-8-5-9(14-6-16)12(18)11(15-7-17)10(8)13(2,3)4/h5,18H,1-4H3. The third-order valence-electron chi connectivity index (χ3n) is 2.52. The Kier molecular flexibility index (Phi) is 3.82. The van der Waals surface area contributed by atoms with Crippen LogP contribution in [0.25, 0.3) is 0 Å². The number of nitrogens with zero attached hydrogens (tertiary/aromatic N) is 2.